The van der Waals surface area contributed by atoms with E-state index < -0.39 is 5.60 Å². The Bertz CT molecular complexity index is 1020. The van der Waals surface area contributed by atoms with Crippen LogP contribution in [0.3, 0.4) is 0 Å². The fourth-order valence-electron chi connectivity index (χ4n) is 4.46. The molecule has 2 N–H and O–H groups in total. The third-order valence-electron chi connectivity index (χ3n) is 6.03. The van der Waals surface area contributed by atoms with Crippen molar-refractivity contribution in [2.75, 3.05) is 33.4 Å². The zero-order valence-corrected chi connectivity index (χ0v) is 18.6. The lowest BCUT2D eigenvalue weighted by Crippen LogP contribution is -2.51. The Hall–Kier alpha value is -2.02. The maximum absolute atomic E-state index is 12.2. The van der Waals surface area contributed by atoms with Gasteiger partial charge < -0.3 is 19.9 Å². The van der Waals surface area contributed by atoms with Crippen molar-refractivity contribution in [2.45, 2.75) is 31.0 Å². The van der Waals surface area contributed by atoms with Crippen molar-refractivity contribution in [1.29, 1.82) is 0 Å². The summed E-state index contributed by atoms with van der Waals surface area (Å²) in [5, 5.41) is 18.2. The number of hydrogen-bond acceptors (Lipinski definition) is 5. The predicted molar refractivity (Wildman–Crippen MR) is 124 cm³/mol. The average molecular weight is 441 g/mol. The molecule has 0 spiro atoms. The van der Waals surface area contributed by atoms with Gasteiger partial charge in [0.2, 0.25) is 0 Å². The van der Waals surface area contributed by atoms with Crippen molar-refractivity contribution in [3.8, 4) is 11.1 Å². The predicted octanol–water partition coefficient (Wildman–Crippen LogP) is 4.55. The first-order chi connectivity index (χ1) is 15.1. The van der Waals surface area contributed by atoms with Crippen molar-refractivity contribution in [2.24, 2.45) is 0 Å². The number of nitrogens with zero attached hydrogens (tertiary/aromatic N) is 1. The minimum absolute atomic E-state index is 0.371. The van der Waals surface area contributed by atoms with Gasteiger partial charge in [0, 0.05) is 60.7 Å². The first kappa shape index (κ1) is 22.2. The number of ether oxygens (including phenoxy) is 2. The molecule has 4 rings (SSSR count). The van der Waals surface area contributed by atoms with Crippen LogP contribution >= 0.6 is 11.6 Å². The summed E-state index contributed by atoms with van der Waals surface area (Å²) in [4.78, 5) is 4.45. The van der Waals surface area contributed by atoms with Gasteiger partial charge in [0.1, 0.15) is 11.7 Å². The number of fused-ring (bicyclic) bond motifs is 1. The number of pyridine rings is 1. The zero-order chi connectivity index (χ0) is 21.7. The summed E-state index contributed by atoms with van der Waals surface area (Å²) in [6, 6.07) is 13.8. The smallest absolute Gasteiger partial charge is 0.118 e. The molecule has 3 aromatic rings. The lowest BCUT2D eigenvalue weighted by Gasteiger charge is -2.40. The van der Waals surface area contributed by atoms with Crippen LogP contribution in [0.5, 0.6) is 0 Å². The maximum atomic E-state index is 12.2. The van der Waals surface area contributed by atoms with Crippen LogP contribution in [0.4, 0.5) is 0 Å². The summed E-state index contributed by atoms with van der Waals surface area (Å²) < 4.78 is 11.3. The summed E-state index contributed by atoms with van der Waals surface area (Å²) in [7, 11) is 1.70. The van der Waals surface area contributed by atoms with E-state index in [4.69, 9.17) is 21.1 Å². The quantitative estimate of drug-likeness (QED) is 0.503. The average Bonchev–Trinajstić information content (AvgIpc) is 2.82. The van der Waals surface area contributed by atoms with Gasteiger partial charge in [-0.25, -0.2) is 0 Å². The van der Waals surface area contributed by atoms with Gasteiger partial charge in [0.25, 0.3) is 0 Å². The highest BCUT2D eigenvalue weighted by molar-refractivity contribution is 6.34. The van der Waals surface area contributed by atoms with Gasteiger partial charge in [-0.1, -0.05) is 48.0 Å². The molecule has 1 aliphatic heterocycles. The molecule has 164 valence electrons. The SMILES string of the molecule is COCCCC[C@@](O)(c1cccc(Cl)c1-c1cncc2ccccc12)C1CNCCO1. The molecule has 0 aliphatic carbocycles. The molecule has 31 heavy (non-hydrogen) atoms. The highest BCUT2D eigenvalue weighted by atomic mass is 35.5. The van der Waals surface area contributed by atoms with E-state index in [1.807, 2.05) is 48.8 Å². The van der Waals surface area contributed by atoms with E-state index in [-0.39, 0.29) is 6.10 Å². The molecule has 2 aromatic carbocycles. The molecule has 0 amide bonds. The highest BCUT2D eigenvalue weighted by Crippen LogP contribution is 2.43. The van der Waals surface area contributed by atoms with E-state index in [0.717, 1.165) is 46.8 Å². The first-order valence-electron chi connectivity index (χ1n) is 10.8. The topological polar surface area (TPSA) is 63.6 Å². The van der Waals surface area contributed by atoms with Crippen molar-refractivity contribution in [1.82, 2.24) is 10.3 Å². The van der Waals surface area contributed by atoms with Crippen molar-refractivity contribution < 1.29 is 14.6 Å². The molecule has 0 bridgehead atoms. The Labute approximate surface area is 188 Å². The van der Waals surface area contributed by atoms with E-state index in [1.165, 1.54) is 0 Å². The standard InChI is InChI=1S/C25H29ClN2O3/c1-30-13-5-4-11-25(29,23-17-27-12-14-31-23)21-9-6-10-22(26)24(21)20-16-28-15-18-7-2-3-8-19(18)20/h2-3,6-10,15-16,23,27,29H,4-5,11-14,17H2,1H3/t23?,25-/m1/s1. The Morgan fingerprint density at radius 2 is 2.06 bits per heavy atom. The van der Waals surface area contributed by atoms with E-state index >= 15 is 0 Å². The Morgan fingerprint density at radius 3 is 2.87 bits per heavy atom. The minimum atomic E-state index is -1.20. The number of benzene rings is 2. The van der Waals surface area contributed by atoms with E-state index in [1.54, 1.807) is 7.11 Å². The molecule has 1 unspecified atom stereocenters. The van der Waals surface area contributed by atoms with Gasteiger partial charge in [0.05, 0.1) is 6.61 Å². The number of nitrogens with one attached hydrogen (secondary N) is 1. The molecule has 2 heterocycles. The number of halogens is 1. The van der Waals surface area contributed by atoms with Crippen molar-refractivity contribution in [3.63, 3.8) is 0 Å². The zero-order valence-electron chi connectivity index (χ0n) is 17.8. The molecule has 1 aliphatic rings. The number of aliphatic hydroxyl groups is 1. The third kappa shape index (κ3) is 4.61. The van der Waals surface area contributed by atoms with Gasteiger partial charge in [-0.15, -0.1) is 0 Å². The second-order valence-corrected chi connectivity index (χ2v) is 8.42. The molecular weight excluding hydrogens is 412 g/mol. The van der Waals surface area contributed by atoms with Crippen LogP contribution in [-0.4, -0.2) is 49.6 Å². The second-order valence-electron chi connectivity index (χ2n) is 8.01. The number of aromatic nitrogens is 1. The van der Waals surface area contributed by atoms with E-state index in [2.05, 4.69) is 16.4 Å². The summed E-state index contributed by atoms with van der Waals surface area (Å²) >= 11 is 6.78. The van der Waals surface area contributed by atoms with Gasteiger partial charge in [-0.3, -0.25) is 4.98 Å². The minimum Gasteiger partial charge on any atom is -0.385 e. The molecule has 6 heteroatoms. The number of morpholine rings is 1. The molecule has 0 radical (unpaired) electrons. The van der Waals surface area contributed by atoms with Crippen LogP contribution in [0.2, 0.25) is 5.02 Å². The van der Waals surface area contributed by atoms with Gasteiger partial charge in [-0.2, -0.15) is 0 Å². The number of unbranched alkanes of at least 4 members (excludes halogenated alkanes) is 1. The molecular formula is C25H29ClN2O3. The third-order valence-corrected chi connectivity index (χ3v) is 6.35. The van der Waals surface area contributed by atoms with Crippen molar-refractivity contribution >= 4 is 22.4 Å². The van der Waals surface area contributed by atoms with Crippen LogP contribution in [0.15, 0.2) is 54.9 Å². The molecule has 1 saturated heterocycles. The highest BCUT2D eigenvalue weighted by Gasteiger charge is 2.42. The summed E-state index contributed by atoms with van der Waals surface area (Å²) in [5.74, 6) is 0. The molecule has 1 fully saturated rings. The fraction of sp³-hybridized carbons (Fsp3) is 0.400. The first-order valence-corrected chi connectivity index (χ1v) is 11.2. The summed E-state index contributed by atoms with van der Waals surface area (Å²) in [6.07, 6.45) is 5.53. The van der Waals surface area contributed by atoms with Crippen LogP contribution < -0.4 is 5.32 Å². The lowest BCUT2D eigenvalue weighted by atomic mass is 9.79. The summed E-state index contributed by atoms with van der Waals surface area (Å²) in [5.41, 5.74) is 1.32. The molecule has 5 nitrogen and oxygen atoms in total. The fourth-order valence-corrected chi connectivity index (χ4v) is 4.73. The van der Waals surface area contributed by atoms with Gasteiger partial charge in [0.15, 0.2) is 0 Å². The largest absolute Gasteiger partial charge is 0.385 e. The Kier molecular flexibility index (Phi) is 7.20. The molecule has 2 atom stereocenters. The van der Waals surface area contributed by atoms with E-state index in [0.29, 0.717) is 31.2 Å². The second kappa shape index (κ2) is 10.1. The van der Waals surface area contributed by atoms with Crippen LogP contribution in [0, 0.1) is 0 Å². The maximum Gasteiger partial charge on any atom is 0.118 e. The number of hydrogen-bond donors (Lipinski definition) is 2. The molecule has 1 aromatic heterocycles. The Balaban J connectivity index is 1.85. The number of methoxy groups -OCH3 is 1. The van der Waals surface area contributed by atoms with Crippen LogP contribution in [0.25, 0.3) is 21.9 Å². The monoisotopic (exact) mass is 440 g/mol. The molecule has 0 saturated carbocycles. The number of rotatable bonds is 8. The van der Waals surface area contributed by atoms with Crippen molar-refractivity contribution in [3.05, 3.63) is 65.4 Å². The van der Waals surface area contributed by atoms with Crippen LogP contribution in [0.1, 0.15) is 24.8 Å². The van der Waals surface area contributed by atoms with Gasteiger partial charge in [-0.05, 0) is 36.3 Å². The van der Waals surface area contributed by atoms with E-state index in [9.17, 15) is 5.11 Å². The summed E-state index contributed by atoms with van der Waals surface area (Å²) in [6.45, 7) is 2.60. The van der Waals surface area contributed by atoms with Gasteiger partial charge >= 0.3 is 0 Å². The lowest BCUT2D eigenvalue weighted by molar-refractivity contribution is -0.129. The normalized spacial score (nSPS) is 18.7. The Morgan fingerprint density at radius 1 is 1.19 bits per heavy atom. The van der Waals surface area contributed by atoms with Crippen LogP contribution in [-0.2, 0) is 15.1 Å².